The third-order valence-corrected chi connectivity index (χ3v) is 2.81. The van der Waals surface area contributed by atoms with E-state index in [0.717, 1.165) is 16.9 Å². The van der Waals surface area contributed by atoms with Gasteiger partial charge >= 0.3 is 5.63 Å². The molecular formula is C14H22O2. The van der Waals surface area contributed by atoms with E-state index in [1.807, 2.05) is 33.8 Å². The van der Waals surface area contributed by atoms with Gasteiger partial charge in [-0.2, -0.15) is 0 Å². The molecule has 0 radical (unpaired) electrons. The Balaban J connectivity index is 3.46. The molecule has 0 bridgehead atoms. The second-order valence-corrected chi connectivity index (χ2v) is 5.27. The lowest BCUT2D eigenvalue weighted by Gasteiger charge is -2.16. The molecule has 2 nitrogen and oxygen atoms in total. The molecule has 1 heterocycles. The summed E-state index contributed by atoms with van der Waals surface area (Å²) >= 11 is 0. The molecule has 0 aliphatic rings. The Kier molecular flexibility index (Phi) is 3.95. The second-order valence-electron chi connectivity index (χ2n) is 5.27. The quantitative estimate of drug-likeness (QED) is 0.773. The topological polar surface area (TPSA) is 30.2 Å². The molecule has 0 atom stereocenters. The normalized spacial score (nSPS) is 11.8. The molecule has 1 aromatic heterocycles. The maximum atomic E-state index is 11.9. The monoisotopic (exact) mass is 222 g/mol. The van der Waals surface area contributed by atoms with Gasteiger partial charge in [0.05, 0.1) is 0 Å². The van der Waals surface area contributed by atoms with Gasteiger partial charge in [0, 0.05) is 11.5 Å². The van der Waals surface area contributed by atoms with Crippen LogP contribution in [0.2, 0.25) is 0 Å². The van der Waals surface area contributed by atoms with Crippen LogP contribution < -0.4 is 5.63 Å². The van der Waals surface area contributed by atoms with E-state index < -0.39 is 0 Å². The molecule has 90 valence electrons. The Hall–Kier alpha value is -1.05. The molecule has 1 aromatic rings. The van der Waals surface area contributed by atoms with Crippen LogP contribution in [0.4, 0.5) is 0 Å². The molecule has 0 aliphatic heterocycles. The molecule has 0 aromatic carbocycles. The van der Waals surface area contributed by atoms with Crippen LogP contribution in [-0.2, 0) is 0 Å². The molecule has 2 heteroatoms. The van der Waals surface area contributed by atoms with Crippen LogP contribution >= 0.6 is 0 Å². The van der Waals surface area contributed by atoms with Crippen molar-refractivity contribution in [3.05, 3.63) is 33.4 Å². The fourth-order valence-corrected chi connectivity index (χ4v) is 1.87. The van der Waals surface area contributed by atoms with Gasteiger partial charge in [0.15, 0.2) is 0 Å². The molecule has 0 saturated carbocycles. The maximum Gasteiger partial charge on any atom is 0.339 e. The predicted molar refractivity (Wildman–Crippen MR) is 67.2 cm³/mol. The Morgan fingerprint density at radius 3 is 1.88 bits per heavy atom. The number of hydrogen-bond donors (Lipinski definition) is 0. The summed E-state index contributed by atoms with van der Waals surface area (Å²) in [7, 11) is 0. The lowest BCUT2D eigenvalue weighted by atomic mass is 9.91. The van der Waals surface area contributed by atoms with Crippen molar-refractivity contribution in [1.29, 1.82) is 0 Å². The Labute approximate surface area is 97.7 Å². The predicted octanol–water partition coefficient (Wildman–Crippen LogP) is 4.01. The van der Waals surface area contributed by atoms with Crippen molar-refractivity contribution in [2.24, 2.45) is 0 Å². The molecule has 0 aliphatic carbocycles. The largest absolute Gasteiger partial charge is 0.427 e. The van der Waals surface area contributed by atoms with E-state index in [2.05, 4.69) is 13.8 Å². The van der Waals surface area contributed by atoms with Crippen LogP contribution in [0.1, 0.15) is 76.2 Å². The highest BCUT2D eigenvalue weighted by atomic mass is 16.4. The highest BCUT2D eigenvalue weighted by Gasteiger charge is 2.18. The zero-order chi connectivity index (χ0) is 12.5. The van der Waals surface area contributed by atoms with Crippen molar-refractivity contribution < 1.29 is 4.42 Å². The van der Waals surface area contributed by atoms with Gasteiger partial charge in [-0.1, -0.05) is 41.5 Å². The molecule has 0 N–H and O–H groups in total. The van der Waals surface area contributed by atoms with Gasteiger partial charge in [0.25, 0.3) is 0 Å². The number of hydrogen-bond acceptors (Lipinski definition) is 2. The van der Waals surface area contributed by atoms with E-state index in [-0.39, 0.29) is 17.5 Å². The van der Waals surface area contributed by atoms with Gasteiger partial charge in [-0.05, 0) is 23.5 Å². The molecular weight excluding hydrogens is 200 g/mol. The fourth-order valence-electron chi connectivity index (χ4n) is 1.87. The molecule has 0 saturated heterocycles. The second kappa shape index (κ2) is 4.86. The summed E-state index contributed by atoms with van der Waals surface area (Å²) in [6, 6.07) is 2.05. The molecule has 16 heavy (non-hydrogen) atoms. The van der Waals surface area contributed by atoms with Crippen molar-refractivity contribution in [1.82, 2.24) is 0 Å². The molecule has 0 unspecified atom stereocenters. The minimum absolute atomic E-state index is 0.162. The van der Waals surface area contributed by atoms with E-state index in [1.165, 1.54) is 0 Å². The van der Waals surface area contributed by atoms with Crippen LogP contribution in [0.3, 0.4) is 0 Å². The summed E-state index contributed by atoms with van der Waals surface area (Å²) in [4.78, 5) is 11.9. The van der Waals surface area contributed by atoms with Crippen molar-refractivity contribution in [2.75, 3.05) is 0 Å². The fraction of sp³-hybridized carbons (Fsp3) is 0.643. The third-order valence-electron chi connectivity index (χ3n) is 2.81. The Bertz CT molecular complexity index is 411. The van der Waals surface area contributed by atoms with Crippen LogP contribution in [0.15, 0.2) is 15.3 Å². The van der Waals surface area contributed by atoms with Gasteiger partial charge < -0.3 is 4.42 Å². The van der Waals surface area contributed by atoms with Crippen LogP contribution in [-0.4, -0.2) is 0 Å². The Morgan fingerprint density at radius 2 is 1.50 bits per heavy atom. The van der Waals surface area contributed by atoms with Gasteiger partial charge in [0.1, 0.15) is 5.76 Å². The van der Waals surface area contributed by atoms with Crippen LogP contribution in [0, 0.1) is 0 Å². The summed E-state index contributed by atoms with van der Waals surface area (Å²) in [6.07, 6.45) is 0. The first-order chi connectivity index (χ1) is 7.34. The average Bonchev–Trinajstić information content (AvgIpc) is 2.15. The summed E-state index contributed by atoms with van der Waals surface area (Å²) < 4.78 is 5.37. The highest BCUT2D eigenvalue weighted by Crippen LogP contribution is 2.26. The zero-order valence-corrected chi connectivity index (χ0v) is 11.1. The first-order valence-corrected chi connectivity index (χ1v) is 6.02. The number of rotatable bonds is 3. The molecule has 0 fully saturated rings. The van der Waals surface area contributed by atoms with E-state index in [1.54, 1.807) is 0 Å². The maximum absolute atomic E-state index is 11.9. The van der Waals surface area contributed by atoms with E-state index in [0.29, 0.717) is 5.92 Å². The standard InChI is InChI=1S/C14H22O2/c1-8(2)11-7-12(9(3)4)16-14(15)13(11)10(5)6/h7-10H,1-6H3. The lowest BCUT2D eigenvalue weighted by molar-refractivity contribution is 0.427. The summed E-state index contributed by atoms with van der Waals surface area (Å²) in [6.45, 7) is 12.4. The minimum Gasteiger partial charge on any atom is -0.427 e. The van der Waals surface area contributed by atoms with Crippen LogP contribution in [0.5, 0.6) is 0 Å². The minimum atomic E-state index is -0.162. The van der Waals surface area contributed by atoms with Gasteiger partial charge in [-0.25, -0.2) is 4.79 Å². The van der Waals surface area contributed by atoms with Gasteiger partial charge in [-0.3, -0.25) is 0 Å². The first kappa shape index (κ1) is 13.0. The first-order valence-electron chi connectivity index (χ1n) is 6.02. The van der Waals surface area contributed by atoms with E-state index >= 15 is 0 Å². The van der Waals surface area contributed by atoms with Crippen molar-refractivity contribution in [2.45, 2.75) is 59.3 Å². The van der Waals surface area contributed by atoms with Gasteiger partial charge in [-0.15, -0.1) is 0 Å². The molecule has 1 rings (SSSR count). The lowest BCUT2D eigenvalue weighted by Crippen LogP contribution is -2.15. The van der Waals surface area contributed by atoms with E-state index in [9.17, 15) is 4.79 Å². The molecule has 0 amide bonds. The van der Waals surface area contributed by atoms with Crippen molar-refractivity contribution in [3.8, 4) is 0 Å². The molecule has 0 spiro atoms. The smallest absolute Gasteiger partial charge is 0.339 e. The van der Waals surface area contributed by atoms with Gasteiger partial charge in [0.2, 0.25) is 0 Å². The third kappa shape index (κ3) is 2.55. The van der Waals surface area contributed by atoms with Crippen LogP contribution in [0.25, 0.3) is 0 Å². The van der Waals surface area contributed by atoms with Crippen molar-refractivity contribution in [3.63, 3.8) is 0 Å². The zero-order valence-electron chi connectivity index (χ0n) is 11.1. The Morgan fingerprint density at radius 1 is 0.938 bits per heavy atom. The van der Waals surface area contributed by atoms with Crippen molar-refractivity contribution >= 4 is 0 Å². The highest BCUT2D eigenvalue weighted by molar-refractivity contribution is 5.30. The summed E-state index contributed by atoms with van der Waals surface area (Å²) in [5.74, 6) is 1.62. The SMILES string of the molecule is CC(C)c1cc(C(C)C)c(C(C)C)c(=O)o1. The van der Waals surface area contributed by atoms with E-state index in [4.69, 9.17) is 4.42 Å². The summed E-state index contributed by atoms with van der Waals surface area (Å²) in [5.41, 5.74) is 1.80. The average molecular weight is 222 g/mol. The summed E-state index contributed by atoms with van der Waals surface area (Å²) in [5, 5.41) is 0.